The van der Waals surface area contributed by atoms with Gasteiger partial charge in [0.15, 0.2) is 0 Å². The molecule has 3 N–H and O–H groups in total. The number of aliphatic carboxylic acids is 2. The summed E-state index contributed by atoms with van der Waals surface area (Å²) in [6, 6.07) is 0. The number of carbonyl (C=O) groups is 3. The molecule has 24 heavy (non-hydrogen) atoms. The molecule has 0 spiro atoms. The molecule has 5 unspecified atom stereocenters. The molecule has 2 rings (SSSR count). The molecule has 0 heterocycles. The molecular formula is C18H30O6. The second-order valence-corrected chi connectivity index (χ2v) is 6.96. The van der Waals surface area contributed by atoms with E-state index in [0.717, 1.165) is 12.8 Å². The van der Waals surface area contributed by atoms with Gasteiger partial charge in [-0.15, -0.1) is 0 Å². The molecule has 0 saturated heterocycles. The molecule has 138 valence electrons. The van der Waals surface area contributed by atoms with Gasteiger partial charge >= 0.3 is 11.9 Å². The lowest BCUT2D eigenvalue weighted by Gasteiger charge is -2.30. The fourth-order valence-corrected chi connectivity index (χ4v) is 3.64. The summed E-state index contributed by atoms with van der Waals surface area (Å²) in [6.07, 6.45) is 4.85. The Labute approximate surface area is 143 Å². The third kappa shape index (κ3) is 5.89. The number of aliphatic hydroxyl groups is 1. The minimum atomic E-state index is -0.749. The van der Waals surface area contributed by atoms with E-state index in [0.29, 0.717) is 38.5 Å². The number of hydrogen-bond acceptors (Lipinski definition) is 4. The Morgan fingerprint density at radius 1 is 0.958 bits per heavy atom. The number of carbonyl (C=O) groups excluding carboxylic acids is 1. The van der Waals surface area contributed by atoms with E-state index in [4.69, 9.17) is 10.2 Å². The van der Waals surface area contributed by atoms with Crippen LogP contribution < -0.4 is 0 Å². The predicted octanol–water partition coefficient (Wildman–Crippen LogP) is 2.72. The third-order valence-electron chi connectivity index (χ3n) is 5.42. The summed E-state index contributed by atoms with van der Waals surface area (Å²) >= 11 is 0. The number of carboxylic acid groups (broad SMARTS) is 2. The van der Waals surface area contributed by atoms with Crippen molar-refractivity contribution in [2.24, 2.45) is 23.7 Å². The van der Waals surface area contributed by atoms with E-state index < -0.39 is 11.9 Å². The zero-order chi connectivity index (χ0) is 18.3. The minimum Gasteiger partial charge on any atom is -0.481 e. The monoisotopic (exact) mass is 342 g/mol. The second kappa shape index (κ2) is 9.77. The molecule has 6 nitrogen and oxygen atoms in total. The van der Waals surface area contributed by atoms with Crippen molar-refractivity contribution in [1.82, 2.24) is 0 Å². The van der Waals surface area contributed by atoms with Crippen molar-refractivity contribution in [3.8, 4) is 0 Å². The topological polar surface area (TPSA) is 112 Å². The maximum absolute atomic E-state index is 11.2. The third-order valence-corrected chi connectivity index (χ3v) is 5.42. The van der Waals surface area contributed by atoms with Gasteiger partial charge in [0.25, 0.3) is 0 Å². The summed E-state index contributed by atoms with van der Waals surface area (Å²) in [5, 5.41) is 27.0. The summed E-state index contributed by atoms with van der Waals surface area (Å²) < 4.78 is 0. The summed E-state index contributed by atoms with van der Waals surface area (Å²) in [7, 11) is 0. The first-order valence-electron chi connectivity index (χ1n) is 8.96. The predicted molar refractivity (Wildman–Crippen MR) is 88.5 cm³/mol. The average Bonchev–Trinajstić information content (AvgIpc) is 2.55. The van der Waals surface area contributed by atoms with E-state index >= 15 is 0 Å². The first-order chi connectivity index (χ1) is 11.3. The average molecular weight is 342 g/mol. The van der Waals surface area contributed by atoms with Crippen molar-refractivity contribution in [3.05, 3.63) is 0 Å². The second-order valence-electron chi connectivity index (χ2n) is 6.96. The van der Waals surface area contributed by atoms with E-state index in [9.17, 15) is 19.5 Å². The summed E-state index contributed by atoms with van der Waals surface area (Å²) in [5.74, 6) is -1.53. The molecule has 0 aliphatic heterocycles. The normalized spacial score (nSPS) is 33.3. The zero-order valence-corrected chi connectivity index (χ0v) is 14.6. The number of hydrogen-bond donors (Lipinski definition) is 3. The van der Waals surface area contributed by atoms with Crippen LogP contribution in [0.5, 0.6) is 0 Å². The van der Waals surface area contributed by atoms with Gasteiger partial charge in [-0.3, -0.25) is 14.4 Å². The van der Waals surface area contributed by atoms with Crippen molar-refractivity contribution in [2.45, 2.75) is 71.3 Å². The molecule has 0 amide bonds. The van der Waals surface area contributed by atoms with Crippen LogP contribution in [0.4, 0.5) is 0 Å². The van der Waals surface area contributed by atoms with Crippen molar-refractivity contribution in [1.29, 1.82) is 0 Å². The van der Waals surface area contributed by atoms with E-state index in [1.807, 2.05) is 13.8 Å². The van der Waals surface area contributed by atoms with Crippen LogP contribution in [0.3, 0.4) is 0 Å². The van der Waals surface area contributed by atoms with Crippen molar-refractivity contribution < 1.29 is 29.7 Å². The molecule has 2 saturated carbocycles. The van der Waals surface area contributed by atoms with Crippen molar-refractivity contribution in [2.75, 3.05) is 0 Å². The molecule has 0 radical (unpaired) electrons. The maximum Gasteiger partial charge on any atom is 0.306 e. The zero-order valence-electron chi connectivity index (χ0n) is 14.6. The van der Waals surface area contributed by atoms with Crippen LogP contribution >= 0.6 is 0 Å². The standard InChI is InChI=1S/C9H16O3.C9H14O3/c2*1-2-6-5-7(9(11)12)3-4-8(6)10/h6-8,10H,2-5H2,1H3,(H,11,12);6-7H,2-5H2,1H3,(H,11,12). The van der Waals surface area contributed by atoms with Crippen LogP contribution in [0, 0.1) is 23.7 Å². The van der Waals surface area contributed by atoms with E-state index in [2.05, 4.69) is 0 Å². The van der Waals surface area contributed by atoms with E-state index in [1.165, 1.54) is 0 Å². The fraction of sp³-hybridized carbons (Fsp3) is 0.833. The number of aliphatic hydroxyl groups excluding tert-OH is 1. The van der Waals surface area contributed by atoms with Gasteiger partial charge in [0.1, 0.15) is 5.78 Å². The van der Waals surface area contributed by atoms with Crippen molar-refractivity contribution >= 4 is 17.7 Å². The molecule has 0 aromatic rings. The fourth-order valence-electron chi connectivity index (χ4n) is 3.64. The molecule has 5 atom stereocenters. The highest BCUT2D eigenvalue weighted by molar-refractivity contribution is 5.84. The lowest BCUT2D eigenvalue weighted by molar-refractivity contribution is -0.145. The molecule has 0 aromatic carbocycles. The summed E-state index contributed by atoms with van der Waals surface area (Å²) in [6.45, 7) is 3.94. The Balaban J connectivity index is 0.000000240. The molecular weight excluding hydrogens is 312 g/mol. The molecule has 6 heteroatoms. The van der Waals surface area contributed by atoms with Gasteiger partial charge in [-0.2, -0.15) is 0 Å². The Morgan fingerprint density at radius 2 is 1.54 bits per heavy atom. The lowest BCUT2D eigenvalue weighted by Crippen LogP contribution is -2.32. The highest BCUT2D eigenvalue weighted by Gasteiger charge is 2.32. The Hall–Kier alpha value is -1.43. The van der Waals surface area contributed by atoms with Crippen molar-refractivity contribution in [3.63, 3.8) is 0 Å². The Bertz CT molecular complexity index is 447. The summed E-state index contributed by atoms with van der Waals surface area (Å²) in [5.41, 5.74) is 0. The smallest absolute Gasteiger partial charge is 0.306 e. The van der Waals surface area contributed by atoms with Crippen LogP contribution in [-0.2, 0) is 14.4 Å². The SMILES string of the molecule is CCC1CC(C(=O)O)CCC1=O.CCC1CC(C(=O)O)CCC1O. The van der Waals surface area contributed by atoms with Gasteiger partial charge in [-0.1, -0.05) is 20.3 Å². The van der Waals surface area contributed by atoms with Crippen LogP contribution in [-0.4, -0.2) is 39.1 Å². The van der Waals surface area contributed by atoms with Crippen LogP contribution in [0.2, 0.25) is 0 Å². The molecule has 2 fully saturated rings. The van der Waals surface area contributed by atoms with E-state index in [-0.39, 0.29) is 35.6 Å². The van der Waals surface area contributed by atoms with Gasteiger partial charge in [0, 0.05) is 12.3 Å². The van der Waals surface area contributed by atoms with Gasteiger partial charge in [0.2, 0.25) is 0 Å². The first-order valence-corrected chi connectivity index (χ1v) is 8.96. The maximum atomic E-state index is 11.2. The molecule has 2 aliphatic rings. The van der Waals surface area contributed by atoms with Gasteiger partial charge in [-0.25, -0.2) is 0 Å². The highest BCUT2D eigenvalue weighted by atomic mass is 16.4. The Kier molecular flexibility index (Phi) is 8.39. The largest absolute Gasteiger partial charge is 0.481 e. The molecule has 0 bridgehead atoms. The summed E-state index contributed by atoms with van der Waals surface area (Å²) in [4.78, 5) is 32.5. The van der Waals surface area contributed by atoms with Gasteiger partial charge in [0.05, 0.1) is 17.9 Å². The molecule has 0 aromatic heterocycles. The number of ketones is 1. The van der Waals surface area contributed by atoms with Crippen LogP contribution in [0.25, 0.3) is 0 Å². The van der Waals surface area contributed by atoms with Gasteiger partial charge < -0.3 is 15.3 Å². The van der Waals surface area contributed by atoms with Gasteiger partial charge in [-0.05, 0) is 44.4 Å². The highest BCUT2D eigenvalue weighted by Crippen LogP contribution is 2.31. The number of Topliss-reactive ketones (excluding diaryl/α,β-unsaturated/α-hetero) is 1. The first kappa shape index (κ1) is 20.6. The Morgan fingerprint density at radius 3 is 2.04 bits per heavy atom. The number of carboxylic acids is 2. The molecule has 2 aliphatic carbocycles. The van der Waals surface area contributed by atoms with Crippen LogP contribution in [0.1, 0.15) is 65.2 Å². The quantitative estimate of drug-likeness (QED) is 0.724. The number of rotatable bonds is 4. The van der Waals surface area contributed by atoms with Crippen LogP contribution in [0.15, 0.2) is 0 Å². The lowest BCUT2D eigenvalue weighted by atomic mass is 9.78. The van der Waals surface area contributed by atoms with E-state index in [1.54, 1.807) is 0 Å². The minimum absolute atomic E-state index is 0.000139.